The van der Waals surface area contributed by atoms with E-state index in [2.05, 4.69) is 127 Å². The molecule has 0 saturated carbocycles. The predicted octanol–water partition coefficient (Wildman–Crippen LogP) is 6.88. The summed E-state index contributed by atoms with van der Waals surface area (Å²) in [6.07, 6.45) is 0. The number of halogens is 8. The van der Waals surface area contributed by atoms with Crippen LogP contribution < -0.4 is 0 Å². The van der Waals surface area contributed by atoms with E-state index in [9.17, 15) is 19.2 Å². The van der Waals surface area contributed by atoms with Gasteiger partial charge in [0, 0.05) is 22.3 Å². The van der Waals surface area contributed by atoms with Crippen molar-refractivity contribution in [1.29, 1.82) is 0 Å². The van der Waals surface area contributed by atoms with Crippen LogP contribution in [0.2, 0.25) is 0 Å². The summed E-state index contributed by atoms with van der Waals surface area (Å²) in [6, 6.07) is 2.53. The van der Waals surface area contributed by atoms with Crippen LogP contribution in [0, 0.1) is 0 Å². The van der Waals surface area contributed by atoms with Gasteiger partial charge in [-0.15, -0.1) is 0 Å². The predicted molar refractivity (Wildman–Crippen MR) is 130 cm³/mol. The maximum absolute atomic E-state index is 12.5. The molecule has 0 aliphatic rings. The van der Waals surface area contributed by atoms with Gasteiger partial charge < -0.3 is 0 Å². The van der Waals surface area contributed by atoms with Crippen LogP contribution in [0.5, 0.6) is 0 Å². The Labute approximate surface area is 216 Å². The first kappa shape index (κ1) is 25.8. The summed E-state index contributed by atoms with van der Waals surface area (Å²) in [5.74, 6) is -1.84. The fraction of sp³-hybridized carbons (Fsp3) is 0.286. The van der Waals surface area contributed by atoms with Crippen LogP contribution in [0.1, 0.15) is 41.4 Å². The molecule has 142 valence electrons. The number of hydrogen-bond donors (Lipinski definition) is 0. The zero-order valence-corrected chi connectivity index (χ0v) is 24.8. The first-order chi connectivity index (χ1) is 11.9. The Kier molecular flexibility index (Phi) is 11.1. The van der Waals surface area contributed by atoms with Crippen LogP contribution >= 0.6 is 127 Å². The molecule has 0 bridgehead atoms. The maximum Gasteiger partial charge on any atom is 0.187 e. The van der Waals surface area contributed by atoms with Crippen LogP contribution in [0.15, 0.2) is 12.1 Å². The van der Waals surface area contributed by atoms with Crippen molar-refractivity contribution in [3.8, 4) is 0 Å². The molecule has 0 aliphatic carbocycles. The Balaban J connectivity index is 3.87. The molecule has 0 saturated heterocycles. The summed E-state index contributed by atoms with van der Waals surface area (Å²) in [4.78, 5) is 50.1. The van der Waals surface area contributed by atoms with E-state index < -0.39 is 38.1 Å². The number of benzene rings is 1. The fourth-order valence-electron chi connectivity index (χ4n) is 1.89. The van der Waals surface area contributed by atoms with E-state index in [0.29, 0.717) is 0 Å². The molecule has 0 aromatic heterocycles. The van der Waals surface area contributed by atoms with E-state index in [1.807, 2.05) is 0 Å². The molecule has 0 spiro atoms. The van der Waals surface area contributed by atoms with Crippen molar-refractivity contribution >= 4 is 151 Å². The lowest BCUT2D eigenvalue weighted by Gasteiger charge is -2.16. The van der Waals surface area contributed by atoms with Gasteiger partial charge in [-0.3, -0.25) is 19.2 Å². The highest BCUT2D eigenvalue weighted by molar-refractivity contribution is 9.26. The normalized spacial score (nSPS) is 11.5. The van der Waals surface area contributed by atoms with Gasteiger partial charge in [-0.1, -0.05) is 127 Å². The zero-order chi connectivity index (χ0) is 20.3. The molecule has 0 fully saturated rings. The van der Waals surface area contributed by atoms with Gasteiger partial charge in [-0.25, -0.2) is 0 Å². The van der Waals surface area contributed by atoms with E-state index >= 15 is 0 Å². The Bertz CT molecular complexity index is 635. The molecule has 0 unspecified atom stereocenters. The summed E-state index contributed by atoms with van der Waals surface area (Å²) >= 11 is 24.8. The highest BCUT2D eigenvalue weighted by Crippen LogP contribution is 2.30. The standard InChI is InChI=1S/C14H6Br8O4/c15-11(16)7(23)3-1-4(8(24)12(17)18)6(10(26)14(21)22)2-5(3)9(25)13(19)20/h1-2,11-14H. The third-order valence-corrected chi connectivity index (χ3v) is 6.34. The molecule has 0 aliphatic heterocycles. The molecular weight excluding hydrogens is 871 g/mol. The molecule has 0 heterocycles. The molecule has 0 atom stereocenters. The average Bonchev–Trinajstić information content (AvgIpc) is 2.57. The molecule has 26 heavy (non-hydrogen) atoms. The topological polar surface area (TPSA) is 68.3 Å². The van der Waals surface area contributed by atoms with Crippen LogP contribution in [0.4, 0.5) is 0 Å². The number of hydrogen-bond acceptors (Lipinski definition) is 4. The average molecular weight is 877 g/mol. The number of carbonyl (C=O) groups is 4. The van der Waals surface area contributed by atoms with Crippen molar-refractivity contribution in [2.45, 2.75) is 14.9 Å². The summed E-state index contributed by atoms with van der Waals surface area (Å²) < 4.78 is -3.06. The molecule has 1 aromatic rings. The molecule has 12 heteroatoms. The van der Waals surface area contributed by atoms with Crippen molar-refractivity contribution in [2.24, 2.45) is 0 Å². The van der Waals surface area contributed by atoms with Crippen LogP contribution in [-0.2, 0) is 0 Å². The van der Waals surface area contributed by atoms with Crippen molar-refractivity contribution in [1.82, 2.24) is 0 Å². The van der Waals surface area contributed by atoms with Gasteiger partial charge in [0.05, 0.1) is 0 Å². The lowest BCUT2D eigenvalue weighted by Crippen LogP contribution is -2.23. The number of carbonyl (C=O) groups excluding carboxylic acids is 4. The maximum atomic E-state index is 12.5. The second-order valence-corrected chi connectivity index (χ2v) is 16.8. The minimum absolute atomic E-state index is 0.0129. The van der Waals surface area contributed by atoms with E-state index in [0.717, 1.165) is 0 Å². The molecule has 0 radical (unpaired) electrons. The molecule has 0 N–H and O–H groups in total. The number of ketones is 4. The molecule has 1 aromatic carbocycles. The van der Waals surface area contributed by atoms with E-state index in [-0.39, 0.29) is 22.3 Å². The van der Waals surface area contributed by atoms with E-state index in [1.165, 1.54) is 12.1 Å². The summed E-state index contributed by atoms with van der Waals surface area (Å²) in [7, 11) is 0. The molecule has 1 rings (SSSR count). The Morgan fingerprint density at radius 1 is 0.462 bits per heavy atom. The molecule has 4 nitrogen and oxygen atoms in total. The van der Waals surface area contributed by atoms with Gasteiger partial charge in [0.1, 0.15) is 14.9 Å². The number of rotatable bonds is 8. The van der Waals surface area contributed by atoms with Crippen LogP contribution in [0.3, 0.4) is 0 Å². The van der Waals surface area contributed by atoms with Crippen molar-refractivity contribution < 1.29 is 19.2 Å². The number of Topliss-reactive ketones (excluding diaryl/α,β-unsaturated/α-hetero) is 4. The smallest absolute Gasteiger partial charge is 0.187 e. The Morgan fingerprint density at radius 3 is 0.731 bits per heavy atom. The highest BCUT2D eigenvalue weighted by Gasteiger charge is 2.31. The lowest BCUT2D eigenvalue weighted by atomic mass is 9.91. The molecular formula is C14H6Br8O4. The quantitative estimate of drug-likeness (QED) is 0.211. The monoisotopic (exact) mass is 869 g/mol. The zero-order valence-electron chi connectivity index (χ0n) is 12.1. The van der Waals surface area contributed by atoms with Crippen LogP contribution in [-0.4, -0.2) is 38.1 Å². The minimum Gasteiger partial charge on any atom is -0.292 e. The van der Waals surface area contributed by atoms with E-state index in [4.69, 9.17) is 0 Å². The first-order valence-corrected chi connectivity index (χ1v) is 13.7. The Hall–Kier alpha value is 1.74. The second kappa shape index (κ2) is 11.2. The summed E-state index contributed by atoms with van der Waals surface area (Å²) in [5.41, 5.74) is 0.0515. The third kappa shape index (κ3) is 6.37. The van der Waals surface area contributed by atoms with Gasteiger partial charge in [-0.05, 0) is 12.1 Å². The van der Waals surface area contributed by atoms with Crippen molar-refractivity contribution in [3.63, 3.8) is 0 Å². The third-order valence-electron chi connectivity index (χ3n) is 3.01. The highest BCUT2D eigenvalue weighted by atomic mass is 79.9. The van der Waals surface area contributed by atoms with Gasteiger partial charge in [0.2, 0.25) is 0 Å². The minimum atomic E-state index is -0.765. The summed E-state index contributed by atoms with van der Waals surface area (Å²) in [6.45, 7) is 0. The van der Waals surface area contributed by atoms with Gasteiger partial charge in [0.15, 0.2) is 23.1 Å². The molecule has 0 amide bonds. The van der Waals surface area contributed by atoms with Gasteiger partial charge >= 0.3 is 0 Å². The largest absolute Gasteiger partial charge is 0.292 e. The SMILES string of the molecule is O=C(c1cc(C(=O)C(Br)Br)c(C(=O)C(Br)Br)cc1C(=O)C(Br)Br)C(Br)Br. The van der Waals surface area contributed by atoms with E-state index in [1.54, 1.807) is 0 Å². The first-order valence-electron chi connectivity index (χ1n) is 6.37. The number of alkyl halides is 8. The lowest BCUT2D eigenvalue weighted by molar-refractivity contribution is 0.0970. The fourth-order valence-corrected chi connectivity index (χ4v) is 3.86. The van der Waals surface area contributed by atoms with Gasteiger partial charge in [0.25, 0.3) is 0 Å². The van der Waals surface area contributed by atoms with Crippen molar-refractivity contribution in [2.75, 3.05) is 0 Å². The summed E-state index contributed by atoms with van der Waals surface area (Å²) in [5, 5.41) is 0. The van der Waals surface area contributed by atoms with Crippen molar-refractivity contribution in [3.05, 3.63) is 34.4 Å². The van der Waals surface area contributed by atoms with Crippen LogP contribution in [0.25, 0.3) is 0 Å². The van der Waals surface area contributed by atoms with Gasteiger partial charge in [-0.2, -0.15) is 0 Å². The second-order valence-electron chi connectivity index (χ2n) is 4.60. The Morgan fingerprint density at radius 2 is 0.615 bits per heavy atom.